The molecule has 7 nitrogen and oxygen atoms in total. The van der Waals surface area contributed by atoms with Crippen LogP contribution < -0.4 is 10.6 Å². The van der Waals surface area contributed by atoms with Crippen molar-refractivity contribution in [2.24, 2.45) is 7.05 Å². The van der Waals surface area contributed by atoms with Crippen LogP contribution in [0.4, 0.5) is 11.6 Å². The summed E-state index contributed by atoms with van der Waals surface area (Å²) < 4.78 is 1.80. The quantitative estimate of drug-likeness (QED) is 0.625. The first-order chi connectivity index (χ1) is 13.0. The van der Waals surface area contributed by atoms with E-state index in [1.54, 1.807) is 4.68 Å². The highest BCUT2D eigenvalue weighted by atomic mass is 16.1. The van der Waals surface area contributed by atoms with Crippen LogP contribution >= 0.6 is 0 Å². The van der Waals surface area contributed by atoms with Crippen molar-refractivity contribution in [2.75, 3.05) is 17.7 Å². The normalized spacial score (nSPS) is 14.8. The summed E-state index contributed by atoms with van der Waals surface area (Å²) in [5.74, 6) is 1.74. The summed E-state index contributed by atoms with van der Waals surface area (Å²) in [4.78, 5) is 12.7. The minimum absolute atomic E-state index is 0.0714. The molecular formula is C20H24N6O. The van der Waals surface area contributed by atoms with Gasteiger partial charge in [0.05, 0.1) is 11.6 Å². The fourth-order valence-corrected chi connectivity index (χ4v) is 3.20. The SMILES string of the molecule is CNc1cc(-c2cccc(C(C)C(=O)Nc3cc(C4CC4)[nH]n3)c2)nn1C. The molecule has 7 heteroatoms. The summed E-state index contributed by atoms with van der Waals surface area (Å²) in [5, 5.41) is 17.8. The molecule has 1 saturated carbocycles. The smallest absolute Gasteiger partial charge is 0.232 e. The van der Waals surface area contributed by atoms with Gasteiger partial charge in [-0.05, 0) is 31.4 Å². The van der Waals surface area contributed by atoms with Gasteiger partial charge in [0, 0.05) is 43.4 Å². The summed E-state index contributed by atoms with van der Waals surface area (Å²) >= 11 is 0. The van der Waals surface area contributed by atoms with Gasteiger partial charge >= 0.3 is 0 Å². The van der Waals surface area contributed by atoms with Gasteiger partial charge in [-0.3, -0.25) is 14.6 Å². The van der Waals surface area contributed by atoms with Crippen molar-refractivity contribution < 1.29 is 4.79 Å². The van der Waals surface area contributed by atoms with E-state index in [4.69, 9.17) is 0 Å². The van der Waals surface area contributed by atoms with Crippen molar-refractivity contribution in [1.29, 1.82) is 0 Å². The van der Waals surface area contributed by atoms with Crippen molar-refractivity contribution >= 4 is 17.5 Å². The van der Waals surface area contributed by atoms with Gasteiger partial charge in [0.25, 0.3) is 0 Å². The zero-order chi connectivity index (χ0) is 19.0. The average molecular weight is 364 g/mol. The number of H-pyrrole nitrogens is 1. The number of carbonyl (C=O) groups is 1. The second-order valence-corrected chi connectivity index (χ2v) is 7.11. The number of aromatic amines is 1. The van der Waals surface area contributed by atoms with E-state index in [9.17, 15) is 4.79 Å². The first-order valence-corrected chi connectivity index (χ1v) is 9.23. The predicted molar refractivity (Wildman–Crippen MR) is 106 cm³/mol. The van der Waals surface area contributed by atoms with Crippen molar-refractivity contribution in [3.63, 3.8) is 0 Å². The van der Waals surface area contributed by atoms with Crippen LogP contribution in [0.2, 0.25) is 0 Å². The molecule has 27 heavy (non-hydrogen) atoms. The summed E-state index contributed by atoms with van der Waals surface area (Å²) in [7, 11) is 3.77. The van der Waals surface area contributed by atoms with Crippen LogP contribution in [0.5, 0.6) is 0 Å². The van der Waals surface area contributed by atoms with Crippen LogP contribution in [0.3, 0.4) is 0 Å². The fourth-order valence-electron chi connectivity index (χ4n) is 3.20. The molecule has 0 aliphatic heterocycles. The molecule has 1 aromatic carbocycles. The molecular weight excluding hydrogens is 340 g/mol. The van der Waals surface area contributed by atoms with E-state index in [2.05, 4.69) is 25.9 Å². The lowest BCUT2D eigenvalue weighted by Gasteiger charge is -2.12. The fraction of sp³-hybridized carbons (Fsp3) is 0.350. The number of hydrogen-bond acceptors (Lipinski definition) is 4. The van der Waals surface area contributed by atoms with E-state index in [-0.39, 0.29) is 11.8 Å². The number of nitrogens with one attached hydrogen (secondary N) is 3. The Balaban J connectivity index is 1.50. The second kappa shape index (κ2) is 6.90. The summed E-state index contributed by atoms with van der Waals surface area (Å²) in [6, 6.07) is 11.9. The minimum Gasteiger partial charge on any atom is -0.373 e. The van der Waals surface area contributed by atoms with Crippen LogP contribution in [0.1, 0.15) is 42.9 Å². The highest BCUT2D eigenvalue weighted by Gasteiger charge is 2.26. The molecule has 3 aromatic rings. The highest BCUT2D eigenvalue weighted by molar-refractivity contribution is 5.95. The Bertz CT molecular complexity index is 969. The van der Waals surface area contributed by atoms with E-state index in [0.717, 1.165) is 28.3 Å². The standard InChI is InChI=1S/C20H24N6O/c1-12(20(27)22-18-10-16(23-24-18)13-7-8-13)14-5-4-6-15(9-14)17-11-19(21-2)26(3)25-17/h4-6,9-13,21H,7-8H2,1-3H3,(H2,22,23,24,27). The number of carbonyl (C=O) groups excluding carboxylic acids is 1. The lowest BCUT2D eigenvalue weighted by atomic mass is 9.97. The van der Waals surface area contributed by atoms with Gasteiger partial charge in [0.15, 0.2) is 5.82 Å². The van der Waals surface area contributed by atoms with Crippen molar-refractivity contribution in [2.45, 2.75) is 31.6 Å². The highest BCUT2D eigenvalue weighted by Crippen LogP contribution is 2.39. The van der Waals surface area contributed by atoms with E-state index < -0.39 is 0 Å². The topological polar surface area (TPSA) is 87.6 Å². The largest absolute Gasteiger partial charge is 0.373 e. The predicted octanol–water partition coefficient (Wildman–Crippen LogP) is 3.47. The number of nitrogens with zero attached hydrogens (tertiary/aromatic N) is 3. The van der Waals surface area contributed by atoms with Gasteiger partial charge in [-0.2, -0.15) is 10.2 Å². The Hall–Kier alpha value is -3.09. The van der Waals surface area contributed by atoms with E-state index in [0.29, 0.717) is 11.7 Å². The zero-order valence-electron chi connectivity index (χ0n) is 15.8. The molecule has 2 heterocycles. The number of aromatic nitrogens is 4. The molecule has 1 amide bonds. The minimum atomic E-state index is -0.293. The summed E-state index contributed by atoms with van der Waals surface area (Å²) in [6.07, 6.45) is 2.39. The Morgan fingerprint density at radius 2 is 2.11 bits per heavy atom. The number of amides is 1. The van der Waals surface area contributed by atoms with E-state index >= 15 is 0 Å². The third kappa shape index (κ3) is 3.58. The lowest BCUT2D eigenvalue weighted by Crippen LogP contribution is -2.19. The number of benzene rings is 1. The molecule has 140 valence electrons. The molecule has 2 aromatic heterocycles. The Morgan fingerprint density at radius 3 is 2.81 bits per heavy atom. The molecule has 0 bridgehead atoms. The molecule has 1 aliphatic rings. The third-order valence-electron chi connectivity index (χ3n) is 5.08. The average Bonchev–Trinajstić information content (AvgIpc) is 3.31. The van der Waals surface area contributed by atoms with Gasteiger partial charge in [-0.1, -0.05) is 18.2 Å². The summed E-state index contributed by atoms with van der Waals surface area (Å²) in [5.41, 5.74) is 3.91. The van der Waals surface area contributed by atoms with Crippen LogP contribution in [0.15, 0.2) is 36.4 Å². The van der Waals surface area contributed by atoms with Gasteiger partial charge < -0.3 is 10.6 Å². The number of hydrogen-bond donors (Lipinski definition) is 3. The van der Waals surface area contributed by atoms with Crippen molar-refractivity contribution in [3.05, 3.63) is 47.7 Å². The maximum Gasteiger partial charge on any atom is 0.232 e. The lowest BCUT2D eigenvalue weighted by molar-refractivity contribution is -0.117. The zero-order valence-corrected chi connectivity index (χ0v) is 15.8. The first-order valence-electron chi connectivity index (χ1n) is 9.23. The molecule has 1 aliphatic carbocycles. The maximum absolute atomic E-state index is 12.7. The molecule has 0 spiro atoms. The maximum atomic E-state index is 12.7. The second-order valence-electron chi connectivity index (χ2n) is 7.11. The number of aryl methyl sites for hydroxylation is 1. The van der Waals surface area contributed by atoms with Gasteiger partial charge in [0.1, 0.15) is 5.82 Å². The molecule has 1 unspecified atom stereocenters. The van der Waals surface area contributed by atoms with Crippen molar-refractivity contribution in [1.82, 2.24) is 20.0 Å². The molecule has 0 saturated heterocycles. The summed E-state index contributed by atoms with van der Waals surface area (Å²) in [6.45, 7) is 1.90. The Morgan fingerprint density at radius 1 is 1.30 bits per heavy atom. The molecule has 3 N–H and O–H groups in total. The van der Waals surface area contributed by atoms with Crippen molar-refractivity contribution in [3.8, 4) is 11.3 Å². The molecule has 1 fully saturated rings. The number of rotatable bonds is 6. The molecule has 4 rings (SSSR count). The third-order valence-corrected chi connectivity index (χ3v) is 5.08. The van der Waals surface area contributed by atoms with E-state index in [1.165, 1.54) is 12.8 Å². The van der Waals surface area contributed by atoms with Gasteiger partial charge in [-0.25, -0.2) is 0 Å². The van der Waals surface area contributed by atoms with Crippen LogP contribution in [-0.4, -0.2) is 32.9 Å². The van der Waals surface area contributed by atoms with Crippen LogP contribution in [-0.2, 0) is 11.8 Å². The first kappa shape index (κ1) is 17.3. The number of anilines is 2. The molecule has 1 atom stereocenters. The Kier molecular flexibility index (Phi) is 4.43. The van der Waals surface area contributed by atoms with E-state index in [1.807, 2.05) is 57.4 Å². The van der Waals surface area contributed by atoms with Crippen LogP contribution in [0.25, 0.3) is 11.3 Å². The molecule has 0 radical (unpaired) electrons. The van der Waals surface area contributed by atoms with Gasteiger partial charge in [0.2, 0.25) is 5.91 Å². The Labute approximate surface area is 158 Å². The van der Waals surface area contributed by atoms with Gasteiger partial charge in [-0.15, -0.1) is 0 Å². The monoisotopic (exact) mass is 364 g/mol. The van der Waals surface area contributed by atoms with Crippen LogP contribution in [0, 0.1) is 0 Å².